The zero-order valence-electron chi connectivity index (χ0n) is 7.75. The van der Waals surface area contributed by atoms with Crippen LogP contribution in [0.15, 0.2) is 30.9 Å². The molecular formula is C11H13O2. The summed E-state index contributed by atoms with van der Waals surface area (Å²) in [6, 6.07) is 5.72. The van der Waals surface area contributed by atoms with Crippen LogP contribution in [0.25, 0.3) is 0 Å². The molecule has 0 aliphatic heterocycles. The number of hydrogen-bond donors (Lipinski definition) is 0. The molecule has 0 bridgehead atoms. The van der Waals surface area contributed by atoms with Gasteiger partial charge in [-0.15, -0.1) is 6.58 Å². The highest BCUT2D eigenvalue weighted by Crippen LogP contribution is 2.27. The molecule has 0 saturated heterocycles. The highest BCUT2D eigenvalue weighted by atomic mass is 16.5. The standard InChI is InChI=1S/C11H13O2/c1-4-5-9-6-7-10(12-2)11(8-9)13-3/h4,6-8H,1-2,5H2,3H3. The average molecular weight is 177 g/mol. The molecule has 13 heavy (non-hydrogen) atoms. The molecule has 1 aromatic rings. The van der Waals surface area contributed by atoms with Gasteiger partial charge in [0.15, 0.2) is 11.5 Å². The Hall–Kier alpha value is -1.44. The molecule has 0 aromatic heterocycles. The summed E-state index contributed by atoms with van der Waals surface area (Å²) in [6.45, 7) is 3.67. The lowest BCUT2D eigenvalue weighted by atomic mass is 10.1. The van der Waals surface area contributed by atoms with Crippen LogP contribution >= 0.6 is 0 Å². The topological polar surface area (TPSA) is 18.5 Å². The van der Waals surface area contributed by atoms with Gasteiger partial charge < -0.3 is 9.47 Å². The first-order valence-corrected chi connectivity index (χ1v) is 4.01. The quantitative estimate of drug-likeness (QED) is 0.658. The molecule has 0 spiro atoms. The summed E-state index contributed by atoms with van der Waals surface area (Å²) in [4.78, 5) is 0. The lowest BCUT2D eigenvalue weighted by molar-refractivity contribution is 0.375. The zero-order valence-corrected chi connectivity index (χ0v) is 7.75. The van der Waals surface area contributed by atoms with Crippen LogP contribution in [-0.4, -0.2) is 7.11 Å². The Labute approximate surface area is 78.8 Å². The number of benzene rings is 1. The van der Waals surface area contributed by atoms with E-state index in [2.05, 4.69) is 13.7 Å². The number of methoxy groups -OCH3 is 1. The summed E-state index contributed by atoms with van der Waals surface area (Å²) in [5.41, 5.74) is 1.15. The van der Waals surface area contributed by atoms with E-state index in [9.17, 15) is 0 Å². The summed E-state index contributed by atoms with van der Waals surface area (Å²) in [5.74, 6) is 1.35. The number of rotatable bonds is 4. The van der Waals surface area contributed by atoms with E-state index in [4.69, 9.17) is 9.47 Å². The van der Waals surface area contributed by atoms with Crippen molar-refractivity contribution in [2.45, 2.75) is 6.42 Å². The van der Waals surface area contributed by atoms with Crippen molar-refractivity contribution >= 4 is 0 Å². The fourth-order valence-electron chi connectivity index (χ4n) is 1.12. The van der Waals surface area contributed by atoms with E-state index in [1.165, 1.54) is 0 Å². The second-order valence-electron chi connectivity index (χ2n) is 2.62. The van der Waals surface area contributed by atoms with Gasteiger partial charge in [0, 0.05) is 0 Å². The maximum atomic E-state index is 5.12. The molecule has 0 saturated carbocycles. The highest BCUT2D eigenvalue weighted by molar-refractivity contribution is 5.43. The summed E-state index contributed by atoms with van der Waals surface area (Å²) in [6.07, 6.45) is 2.67. The third kappa shape index (κ3) is 2.25. The fourth-order valence-corrected chi connectivity index (χ4v) is 1.12. The summed E-state index contributed by atoms with van der Waals surface area (Å²) in [7, 11) is 4.95. The average Bonchev–Trinajstić information content (AvgIpc) is 2.18. The predicted molar refractivity (Wildman–Crippen MR) is 52.9 cm³/mol. The molecule has 0 aliphatic rings. The number of allylic oxidation sites excluding steroid dienone is 1. The van der Waals surface area contributed by atoms with Gasteiger partial charge in [0.05, 0.1) is 7.11 Å². The second kappa shape index (κ2) is 4.55. The fraction of sp³-hybridized carbons (Fsp3) is 0.182. The first-order chi connectivity index (χ1) is 6.31. The van der Waals surface area contributed by atoms with Gasteiger partial charge in [-0.25, -0.2) is 0 Å². The molecule has 1 aromatic carbocycles. The Morgan fingerprint density at radius 3 is 2.69 bits per heavy atom. The van der Waals surface area contributed by atoms with Crippen LogP contribution in [0.4, 0.5) is 0 Å². The molecule has 2 nitrogen and oxygen atoms in total. The van der Waals surface area contributed by atoms with Gasteiger partial charge in [-0.05, 0) is 24.1 Å². The molecule has 0 heterocycles. The number of hydrogen-bond acceptors (Lipinski definition) is 2. The van der Waals surface area contributed by atoms with Gasteiger partial charge in [0.2, 0.25) is 0 Å². The number of ether oxygens (including phenoxy) is 2. The Morgan fingerprint density at radius 1 is 1.38 bits per heavy atom. The van der Waals surface area contributed by atoms with Gasteiger partial charge in [-0.2, -0.15) is 0 Å². The van der Waals surface area contributed by atoms with E-state index in [0.717, 1.165) is 12.0 Å². The Morgan fingerprint density at radius 2 is 2.15 bits per heavy atom. The summed E-state index contributed by atoms with van der Waals surface area (Å²) in [5, 5.41) is 0. The summed E-state index contributed by atoms with van der Waals surface area (Å²) >= 11 is 0. The van der Waals surface area contributed by atoms with Crippen molar-refractivity contribution in [3.05, 3.63) is 43.5 Å². The van der Waals surface area contributed by atoms with Gasteiger partial charge in [-0.1, -0.05) is 12.1 Å². The van der Waals surface area contributed by atoms with E-state index < -0.39 is 0 Å². The third-order valence-corrected chi connectivity index (χ3v) is 1.76. The largest absolute Gasteiger partial charge is 0.493 e. The van der Waals surface area contributed by atoms with E-state index in [-0.39, 0.29) is 0 Å². The molecule has 1 radical (unpaired) electrons. The van der Waals surface area contributed by atoms with Gasteiger partial charge in [0.1, 0.15) is 7.11 Å². The molecule has 2 heteroatoms. The molecular weight excluding hydrogens is 164 g/mol. The van der Waals surface area contributed by atoms with E-state index in [1.54, 1.807) is 7.11 Å². The lowest BCUT2D eigenvalue weighted by Gasteiger charge is -2.07. The first-order valence-electron chi connectivity index (χ1n) is 4.01. The Bertz CT molecular complexity index is 292. The van der Waals surface area contributed by atoms with E-state index in [1.807, 2.05) is 24.3 Å². The van der Waals surface area contributed by atoms with Crippen molar-refractivity contribution in [1.29, 1.82) is 0 Å². The molecule has 0 fully saturated rings. The van der Waals surface area contributed by atoms with Gasteiger partial charge in [0.25, 0.3) is 0 Å². The molecule has 0 atom stereocenters. The van der Waals surface area contributed by atoms with Crippen LogP contribution in [0.3, 0.4) is 0 Å². The monoisotopic (exact) mass is 177 g/mol. The third-order valence-electron chi connectivity index (χ3n) is 1.76. The van der Waals surface area contributed by atoms with Crippen LogP contribution in [0.5, 0.6) is 11.5 Å². The van der Waals surface area contributed by atoms with Crippen LogP contribution in [-0.2, 0) is 6.42 Å². The second-order valence-corrected chi connectivity index (χ2v) is 2.62. The molecule has 0 aliphatic carbocycles. The van der Waals surface area contributed by atoms with Crippen molar-refractivity contribution in [2.24, 2.45) is 0 Å². The van der Waals surface area contributed by atoms with E-state index in [0.29, 0.717) is 11.5 Å². The molecule has 0 amide bonds. The van der Waals surface area contributed by atoms with E-state index >= 15 is 0 Å². The van der Waals surface area contributed by atoms with Crippen LogP contribution in [0, 0.1) is 7.11 Å². The minimum Gasteiger partial charge on any atom is -0.493 e. The highest BCUT2D eigenvalue weighted by Gasteiger charge is 2.02. The maximum Gasteiger partial charge on any atom is 0.161 e. The minimum absolute atomic E-state index is 0.648. The molecule has 1 rings (SSSR count). The maximum absolute atomic E-state index is 5.12. The van der Waals surface area contributed by atoms with Gasteiger partial charge >= 0.3 is 0 Å². The normalized spacial score (nSPS) is 9.38. The smallest absolute Gasteiger partial charge is 0.161 e. The van der Waals surface area contributed by atoms with Crippen LogP contribution in [0.2, 0.25) is 0 Å². The van der Waals surface area contributed by atoms with Crippen molar-refractivity contribution in [1.82, 2.24) is 0 Å². The molecule has 0 unspecified atom stereocenters. The zero-order chi connectivity index (χ0) is 9.68. The van der Waals surface area contributed by atoms with Crippen molar-refractivity contribution < 1.29 is 9.47 Å². The predicted octanol–water partition coefficient (Wildman–Crippen LogP) is 2.59. The lowest BCUT2D eigenvalue weighted by Crippen LogP contribution is -1.90. The van der Waals surface area contributed by atoms with Crippen LogP contribution < -0.4 is 9.47 Å². The van der Waals surface area contributed by atoms with Crippen molar-refractivity contribution in [2.75, 3.05) is 7.11 Å². The Balaban J connectivity index is 2.98. The molecule has 0 N–H and O–H groups in total. The summed E-state index contributed by atoms with van der Waals surface area (Å²) < 4.78 is 9.99. The van der Waals surface area contributed by atoms with Crippen molar-refractivity contribution in [3.63, 3.8) is 0 Å². The Kier molecular flexibility index (Phi) is 3.38. The van der Waals surface area contributed by atoms with Gasteiger partial charge in [-0.3, -0.25) is 0 Å². The van der Waals surface area contributed by atoms with Crippen LogP contribution in [0.1, 0.15) is 5.56 Å². The SMILES string of the molecule is [CH2]Oc1ccc(CC=C)cc1OC. The first kappa shape index (κ1) is 9.65. The van der Waals surface area contributed by atoms with Crippen molar-refractivity contribution in [3.8, 4) is 11.5 Å². The molecule has 69 valence electrons. The minimum atomic E-state index is 0.648.